The Morgan fingerprint density at radius 3 is 2.90 bits per heavy atom. The fourth-order valence-electron chi connectivity index (χ4n) is 1.81. The molecule has 0 bridgehead atoms. The first-order valence-corrected chi connectivity index (χ1v) is 7.09. The Balaban J connectivity index is 1.93. The number of rotatable bonds is 3. The summed E-state index contributed by atoms with van der Waals surface area (Å²) in [7, 11) is 0. The van der Waals surface area contributed by atoms with Gasteiger partial charge in [-0.3, -0.25) is 5.32 Å². The lowest BCUT2D eigenvalue weighted by molar-refractivity contribution is 0.167. The van der Waals surface area contributed by atoms with Gasteiger partial charge in [-0.1, -0.05) is 0 Å². The molecular formula is C13H11FN4O2S. The second-order valence-corrected chi connectivity index (χ2v) is 4.94. The number of nitrogens with zero attached hydrogens (tertiary/aromatic N) is 3. The maximum absolute atomic E-state index is 13.0. The number of fused-ring (bicyclic) bond motifs is 1. The van der Waals surface area contributed by atoms with Crippen LogP contribution >= 0.6 is 11.3 Å². The fourth-order valence-corrected chi connectivity index (χ4v) is 2.64. The van der Waals surface area contributed by atoms with E-state index in [9.17, 15) is 9.18 Å². The monoisotopic (exact) mass is 306 g/mol. The van der Waals surface area contributed by atoms with Crippen molar-refractivity contribution in [2.24, 2.45) is 0 Å². The summed E-state index contributed by atoms with van der Waals surface area (Å²) in [6.07, 6.45) is -0.598. The van der Waals surface area contributed by atoms with Gasteiger partial charge in [0.2, 0.25) is 4.96 Å². The smallest absolute Gasteiger partial charge is 0.414 e. The average molecular weight is 306 g/mol. The van der Waals surface area contributed by atoms with Crippen LogP contribution in [0.3, 0.4) is 0 Å². The second kappa shape index (κ2) is 5.49. The maximum Gasteiger partial charge on any atom is 0.414 e. The van der Waals surface area contributed by atoms with Crippen LogP contribution in [0.2, 0.25) is 0 Å². The lowest BCUT2D eigenvalue weighted by atomic mass is 10.2. The van der Waals surface area contributed by atoms with Crippen LogP contribution in [-0.4, -0.2) is 27.3 Å². The Hall–Kier alpha value is -2.48. The van der Waals surface area contributed by atoms with Gasteiger partial charge < -0.3 is 4.74 Å². The molecule has 0 fully saturated rings. The molecule has 108 valence electrons. The standard InChI is InChI=1S/C13H11FN4O2S/c1-2-20-13(19)16-11-15-12-18(17-11)10(7-21-12)8-3-5-9(14)6-4-8/h3-7H,2H2,1H3,(H,16,17,19). The van der Waals surface area contributed by atoms with Crippen LogP contribution in [-0.2, 0) is 4.74 Å². The predicted octanol–water partition coefficient (Wildman–Crippen LogP) is 3.17. The van der Waals surface area contributed by atoms with Crippen molar-refractivity contribution in [3.8, 4) is 11.3 Å². The Morgan fingerprint density at radius 2 is 2.19 bits per heavy atom. The SMILES string of the molecule is CCOC(=O)Nc1nc2scc(-c3ccc(F)cc3)n2n1. The van der Waals surface area contributed by atoms with E-state index in [2.05, 4.69) is 15.4 Å². The van der Waals surface area contributed by atoms with Crippen LogP contribution in [0, 0.1) is 5.82 Å². The number of carbonyl (C=O) groups excluding carboxylic acids is 1. The van der Waals surface area contributed by atoms with Crippen molar-refractivity contribution in [2.45, 2.75) is 6.92 Å². The molecular weight excluding hydrogens is 295 g/mol. The molecule has 0 atom stereocenters. The summed E-state index contributed by atoms with van der Waals surface area (Å²) in [5.74, 6) is -0.128. The number of halogens is 1. The summed E-state index contributed by atoms with van der Waals surface area (Å²) in [6, 6.07) is 6.09. The molecule has 1 aromatic carbocycles. The van der Waals surface area contributed by atoms with E-state index in [1.165, 1.54) is 23.5 Å². The van der Waals surface area contributed by atoms with Crippen molar-refractivity contribution in [3.05, 3.63) is 35.5 Å². The Morgan fingerprint density at radius 1 is 1.43 bits per heavy atom. The van der Waals surface area contributed by atoms with E-state index in [0.717, 1.165) is 11.3 Å². The van der Waals surface area contributed by atoms with Gasteiger partial charge in [0.05, 0.1) is 12.3 Å². The zero-order chi connectivity index (χ0) is 14.8. The first-order chi connectivity index (χ1) is 10.2. The van der Waals surface area contributed by atoms with Crippen LogP contribution in [0.25, 0.3) is 16.2 Å². The van der Waals surface area contributed by atoms with Gasteiger partial charge in [-0.2, -0.15) is 4.98 Å². The topological polar surface area (TPSA) is 68.5 Å². The van der Waals surface area contributed by atoms with Crippen molar-refractivity contribution < 1.29 is 13.9 Å². The van der Waals surface area contributed by atoms with Crippen molar-refractivity contribution in [3.63, 3.8) is 0 Å². The third kappa shape index (κ3) is 2.70. The van der Waals surface area contributed by atoms with E-state index in [1.54, 1.807) is 23.6 Å². The quantitative estimate of drug-likeness (QED) is 0.807. The molecule has 6 nitrogen and oxygen atoms in total. The molecule has 3 rings (SSSR count). The van der Waals surface area contributed by atoms with Crippen molar-refractivity contribution in [1.82, 2.24) is 14.6 Å². The molecule has 21 heavy (non-hydrogen) atoms. The number of thiazole rings is 1. The minimum absolute atomic E-state index is 0.170. The second-order valence-electron chi connectivity index (χ2n) is 4.10. The molecule has 1 N–H and O–H groups in total. The van der Waals surface area contributed by atoms with Crippen LogP contribution in [0.1, 0.15) is 6.92 Å². The number of benzene rings is 1. The number of carbonyl (C=O) groups is 1. The Kier molecular flexibility index (Phi) is 3.53. The molecule has 8 heteroatoms. The highest BCUT2D eigenvalue weighted by Gasteiger charge is 2.13. The number of ether oxygens (including phenoxy) is 1. The number of aromatic nitrogens is 3. The van der Waals surface area contributed by atoms with E-state index in [-0.39, 0.29) is 18.4 Å². The van der Waals surface area contributed by atoms with Gasteiger partial charge in [0.15, 0.2) is 0 Å². The summed E-state index contributed by atoms with van der Waals surface area (Å²) in [6.45, 7) is 1.99. The number of nitrogens with one attached hydrogen (secondary N) is 1. The lowest BCUT2D eigenvalue weighted by Gasteiger charge is -2.00. The molecule has 1 amide bonds. The molecule has 0 spiro atoms. The van der Waals surface area contributed by atoms with Crippen LogP contribution in [0.4, 0.5) is 15.1 Å². The molecule has 0 unspecified atom stereocenters. The van der Waals surface area contributed by atoms with E-state index in [1.807, 2.05) is 5.38 Å². The van der Waals surface area contributed by atoms with Crippen molar-refractivity contribution in [2.75, 3.05) is 11.9 Å². The van der Waals surface area contributed by atoms with Crippen LogP contribution in [0.5, 0.6) is 0 Å². The summed E-state index contributed by atoms with van der Waals surface area (Å²) in [4.78, 5) is 16.2. The van der Waals surface area contributed by atoms with E-state index >= 15 is 0 Å². The van der Waals surface area contributed by atoms with E-state index in [0.29, 0.717) is 4.96 Å². The minimum atomic E-state index is -0.598. The predicted molar refractivity (Wildman–Crippen MR) is 76.9 cm³/mol. The number of anilines is 1. The summed E-state index contributed by atoms with van der Waals surface area (Å²) >= 11 is 1.38. The molecule has 2 heterocycles. The van der Waals surface area contributed by atoms with Crippen LogP contribution < -0.4 is 5.32 Å². The molecule has 2 aromatic heterocycles. The van der Waals surface area contributed by atoms with Crippen molar-refractivity contribution in [1.29, 1.82) is 0 Å². The Bertz CT molecular complexity index is 781. The van der Waals surface area contributed by atoms with E-state index < -0.39 is 6.09 Å². The molecule has 0 aliphatic carbocycles. The minimum Gasteiger partial charge on any atom is -0.450 e. The molecule has 0 saturated heterocycles. The fraction of sp³-hybridized carbons (Fsp3) is 0.154. The average Bonchev–Trinajstić information content (AvgIpc) is 3.00. The lowest BCUT2D eigenvalue weighted by Crippen LogP contribution is -2.14. The summed E-state index contributed by atoms with van der Waals surface area (Å²) < 4.78 is 19.3. The zero-order valence-corrected chi connectivity index (χ0v) is 11.9. The molecule has 3 aromatic rings. The van der Waals surface area contributed by atoms with Gasteiger partial charge in [0.1, 0.15) is 5.82 Å². The highest BCUT2D eigenvalue weighted by atomic mass is 32.1. The first kappa shape index (κ1) is 13.5. The van der Waals surface area contributed by atoms with E-state index in [4.69, 9.17) is 4.74 Å². The van der Waals surface area contributed by atoms with Gasteiger partial charge in [0.25, 0.3) is 5.95 Å². The zero-order valence-electron chi connectivity index (χ0n) is 11.0. The van der Waals surface area contributed by atoms with Crippen molar-refractivity contribution >= 4 is 28.3 Å². The molecule has 0 aliphatic rings. The molecule has 0 aliphatic heterocycles. The highest BCUT2D eigenvalue weighted by Crippen LogP contribution is 2.25. The van der Waals surface area contributed by atoms with Gasteiger partial charge in [-0.15, -0.1) is 16.4 Å². The third-order valence-corrected chi connectivity index (χ3v) is 3.53. The summed E-state index contributed by atoms with van der Waals surface area (Å²) in [5.41, 5.74) is 1.59. The largest absolute Gasteiger partial charge is 0.450 e. The van der Waals surface area contributed by atoms with Crippen LogP contribution in [0.15, 0.2) is 29.6 Å². The van der Waals surface area contributed by atoms with Gasteiger partial charge in [-0.05, 0) is 31.2 Å². The highest BCUT2D eigenvalue weighted by molar-refractivity contribution is 7.15. The normalized spacial score (nSPS) is 10.8. The molecule has 0 radical (unpaired) electrons. The van der Waals surface area contributed by atoms with Gasteiger partial charge >= 0.3 is 6.09 Å². The number of hydrogen-bond acceptors (Lipinski definition) is 5. The first-order valence-electron chi connectivity index (χ1n) is 6.21. The maximum atomic E-state index is 13.0. The number of amides is 1. The Labute approximate surface area is 123 Å². The number of hydrogen-bond donors (Lipinski definition) is 1. The summed E-state index contributed by atoms with van der Waals surface area (Å²) in [5, 5.41) is 8.52. The van der Waals surface area contributed by atoms with Gasteiger partial charge in [0, 0.05) is 10.9 Å². The third-order valence-electron chi connectivity index (χ3n) is 2.71. The van der Waals surface area contributed by atoms with Gasteiger partial charge in [-0.25, -0.2) is 13.7 Å². The molecule has 0 saturated carbocycles.